The number of amides is 4. The molecule has 55 heavy (non-hydrogen) atoms. The summed E-state index contributed by atoms with van der Waals surface area (Å²) in [7, 11) is 4.92. The quantitative estimate of drug-likeness (QED) is 0.174. The third-order valence-corrected chi connectivity index (χ3v) is 12.9. The van der Waals surface area contributed by atoms with Crippen LogP contribution in [0.15, 0.2) is 41.9 Å². The number of carbonyl (C=O) groups is 4. The van der Waals surface area contributed by atoms with Gasteiger partial charge >= 0.3 is 0 Å². The summed E-state index contributed by atoms with van der Waals surface area (Å²) >= 11 is 1.51. The van der Waals surface area contributed by atoms with E-state index in [2.05, 4.69) is 29.5 Å². The minimum Gasteiger partial charge on any atom is -0.379 e. The summed E-state index contributed by atoms with van der Waals surface area (Å²) in [5.41, 5.74) is 6.67. The van der Waals surface area contributed by atoms with Crippen LogP contribution in [-0.2, 0) is 35.1 Å². The highest BCUT2D eigenvalue weighted by Crippen LogP contribution is 2.31. The van der Waals surface area contributed by atoms with Crippen molar-refractivity contribution in [3.05, 3.63) is 52.5 Å². The SMILES string of the molecule is CC[C@H](C)[C@@H]([C@@H](CC(=O)N1CCC[C@H]1[C@H](OC)[C@@H](C)C(=O)N[C@@H](Cc1ccccc1)c1nccs1)OC)N(C)C(=O)[C@@H](NC(=O)C1(N)CCCCC1)C(C)C. The molecule has 1 aliphatic carbocycles. The van der Waals surface area contributed by atoms with Crippen molar-refractivity contribution < 1.29 is 28.7 Å². The van der Waals surface area contributed by atoms with E-state index < -0.39 is 35.7 Å². The van der Waals surface area contributed by atoms with Gasteiger partial charge in [0.05, 0.1) is 48.2 Å². The summed E-state index contributed by atoms with van der Waals surface area (Å²) in [6.45, 7) is 10.3. The highest BCUT2D eigenvalue weighted by atomic mass is 32.1. The fourth-order valence-electron chi connectivity index (χ4n) is 8.49. The Morgan fingerprint density at radius 3 is 2.29 bits per heavy atom. The van der Waals surface area contributed by atoms with Gasteiger partial charge in [0.15, 0.2) is 0 Å². The average molecular weight is 783 g/mol. The molecule has 12 nitrogen and oxygen atoms in total. The number of ether oxygens (including phenoxy) is 2. The third kappa shape index (κ3) is 11.1. The van der Waals surface area contributed by atoms with Gasteiger partial charge in [-0.05, 0) is 49.5 Å². The highest BCUT2D eigenvalue weighted by Gasteiger charge is 2.44. The summed E-state index contributed by atoms with van der Waals surface area (Å²) in [5.74, 6) is -1.54. The second-order valence-electron chi connectivity index (χ2n) is 16.1. The molecule has 4 rings (SSSR count). The Hall–Kier alpha value is -3.39. The van der Waals surface area contributed by atoms with Gasteiger partial charge < -0.3 is 35.6 Å². The molecule has 1 aliphatic heterocycles. The van der Waals surface area contributed by atoms with Gasteiger partial charge in [0.2, 0.25) is 23.6 Å². The zero-order chi connectivity index (χ0) is 40.3. The summed E-state index contributed by atoms with van der Waals surface area (Å²) in [6.07, 6.45) is 7.50. The largest absolute Gasteiger partial charge is 0.379 e. The Bertz CT molecular complexity index is 1520. The molecule has 1 saturated carbocycles. The molecule has 1 aromatic carbocycles. The number of hydrogen-bond acceptors (Lipinski definition) is 9. The Balaban J connectivity index is 1.47. The normalized spacial score (nSPS) is 20.8. The van der Waals surface area contributed by atoms with E-state index in [0.717, 1.165) is 42.7 Å². The van der Waals surface area contributed by atoms with E-state index in [-0.39, 0.29) is 54.0 Å². The molecule has 0 bridgehead atoms. The van der Waals surface area contributed by atoms with E-state index in [4.69, 9.17) is 15.2 Å². The van der Waals surface area contributed by atoms with E-state index >= 15 is 0 Å². The molecule has 2 heterocycles. The van der Waals surface area contributed by atoms with Crippen LogP contribution in [0.1, 0.15) is 109 Å². The molecule has 4 N–H and O–H groups in total. The Morgan fingerprint density at radius 2 is 1.71 bits per heavy atom. The maximum Gasteiger partial charge on any atom is 0.245 e. The molecule has 0 radical (unpaired) electrons. The van der Waals surface area contributed by atoms with Crippen molar-refractivity contribution in [2.24, 2.45) is 23.5 Å². The number of hydrogen-bond donors (Lipinski definition) is 3. The van der Waals surface area contributed by atoms with Crippen LogP contribution in [0.3, 0.4) is 0 Å². The lowest BCUT2D eigenvalue weighted by Gasteiger charge is -2.41. The van der Waals surface area contributed by atoms with Crippen LogP contribution in [0, 0.1) is 17.8 Å². The number of likely N-dealkylation sites (N-methyl/N-ethyl adjacent to an activating group) is 1. The number of nitrogens with one attached hydrogen (secondary N) is 2. The van der Waals surface area contributed by atoms with E-state index in [1.165, 1.54) is 11.3 Å². The molecule has 1 aromatic heterocycles. The molecule has 2 fully saturated rings. The number of benzene rings is 1. The summed E-state index contributed by atoms with van der Waals surface area (Å²) in [6, 6.07) is 8.18. The fraction of sp³-hybridized carbons (Fsp3) is 0.690. The predicted octanol–water partition coefficient (Wildman–Crippen LogP) is 5.27. The van der Waals surface area contributed by atoms with Crippen LogP contribution >= 0.6 is 11.3 Å². The first-order chi connectivity index (χ1) is 26.3. The molecular formula is C42H66N6O6S. The molecule has 13 heteroatoms. The van der Waals surface area contributed by atoms with Gasteiger partial charge in [0, 0.05) is 39.4 Å². The maximum absolute atomic E-state index is 14.3. The van der Waals surface area contributed by atoms with Crippen molar-refractivity contribution in [1.29, 1.82) is 0 Å². The van der Waals surface area contributed by atoms with E-state index in [9.17, 15) is 19.2 Å². The second kappa shape index (κ2) is 20.7. The van der Waals surface area contributed by atoms with Gasteiger partial charge in [-0.1, -0.05) is 90.6 Å². The van der Waals surface area contributed by atoms with E-state index in [1.807, 2.05) is 61.4 Å². The van der Waals surface area contributed by atoms with E-state index in [0.29, 0.717) is 32.2 Å². The highest BCUT2D eigenvalue weighted by molar-refractivity contribution is 7.09. The third-order valence-electron chi connectivity index (χ3n) is 12.0. The van der Waals surface area contributed by atoms with Crippen molar-refractivity contribution in [2.75, 3.05) is 27.8 Å². The minimum absolute atomic E-state index is 0.0131. The van der Waals surface area contributed by atoms with E-state index in [1.54, 1.807) is 32.4 Å². The van der Waals surface area contributed by atoms with Crippen LogP contribution < -0.4 is 16.4 Å². The van der Waals surface area contributed by atoms with Crippen molar-refractivity contribution in [2.45, 2.75) is 141 Å². The van der Waals surface area contributed by atoms with Gasteiger partial charge in [0.25, 0.3) is 0 Å². The van der Waals surface area contributed by atoms with Crippen molar-refractivity contribution >= 4 is 35.0 Å². The molecule has 0 spiro atoms. The van der Waals surface area contributed by atoms with Gasteiger partial charge in [0.1, 0.15) is 11.0 Å². The molecule has 1 saturated heterocycles. The standard InChI is InChI=1S/C42H66N6O6S/c1-9-28(4)36(47(6)40(51)35(27(2)3)46-41(52)42(43)20-14-11-15-21-42)33(53-7)26-34(49)48-23-16-19-32(48)37(54-8)29(5)38(50)45-31(39-44-22-24-55-39)25-30-17-12-10-13-18-30/h10,12-13,17-18,22,24,27-29,31-33,35-37H,9,11,14-16,19-21,23,25-26,43H2,1-8H3,(H,45,50)(H,46,52)/t28-,29+,31-,32-,33+,35-,36-,37+/m0/s1. The number of aromatic nitrogens is 1. The summed E-state index contributed by atoms with van der Waals surface area (Å²) < 4.78 is 12.1. The number of likely N-dealkylation sites (tertiary alicyclic amines) is 1. The lowest BCUT2D eigenvalue weighted by atomic mass is 9.81. The monoisotopic (exact) mass is 782 g/mol. The predicted molar refractivity (Wildman–Crippen MR) is 216 cm³/mol. The average Bonchev–Trinajstić information content (AvgIpc) is 3.90. The second-order valence-corrected chi connectivity index (χ2v) is 17.0. The molecule has 306 valence electrons. The van der Waals surface area contributed by atoms with Gasteiger partial charge in [-0.3, -0.25) is 19.2 Å². The summed E-state index contributed by atoms with van der Waals surface area (Å²) in [4.78, 5) is 63.9. The molecule has 8 atom stereocenters. The number of methoxy groups -OCH3 is 2. The number of carbonyl (C=O) groups excluding carboxylic acids is 4. The van der Waals surface area contributed by atoms with Crippen LogP contribution in [0.25, 0.3) is 0 Å². The van der Waals surface area contributed by atoms with Gasteiger partial charge in [-0.15, -0.1) is 11.3 Å². The number of thiazole rings is 1. The smallest absolute Gasteiger partial charge is 0.245 e. The molecular weight excluding hydrogens is 717 g/mol. The zero-order valence-corrected chi connectivity index (χ0v) is 35.1. The lowest BCUT2D eigenvalue weighted by Crippen LogP contribution is -2.62. The van der Waals surface area contributed by atoms with Crippen LogP contribution in [0.5, 0.6) is 0 Å². The Kier molecular flexibility index (Phi) is 16.7. The van der Waals surface area contributed by atoms with Crippen molar-refractivity contribution in [1.82, 2.24) is 25.4 Å². The van der Waals surface area contributed by atoms with Crippen LogP contribution in [-0.4, -0.2) is 102 Å². The van der Waals surface area contributed by atoms with Crippen molar-refractivity contribution in [3.8, 4) is 0 Å². The maximum atomic E-state index is 14.3. The van der Waals surface area contributed by atoms with Gasteiger partial charge in [-0.25, -0.2) is 4.98 Å². The van der Waals surface area contributed by atoms with Gasteiger partial charge in [-0.2, -0.15) is 0 Å². The summed E-state index contributed by atoms with van der Waals surface area (Å²) in [5, 5.41) is 8.99. The first-order valence-corrected chi connectivity index (χ1v) is 21.1. The lowest BCUT2D eigenvalue weighted by molar-refractivity contribution is -0.148. The Labute approximate surface area is 332 Å². The molecule has 4 amide bonds. The number of nitrogens with two attached hydrogens (primary N) is 1. The number of nitrogens with zero attached hydrogens (tertiary/aromatic N) is 3. The Morgan fingerprint density at radius 1 is 1.02 bits per heavy atom. The molecule has 2 aromatic rings. The topological polar surface area (TPSA) is 156 Å². The van der Waals surface area contributed by atoms with Crippen LogP contribution in [0.4, 0.5) is 0 Å². The van der Waals surface area contributed by atoms with Crippen LogP contribution in [0.2, 0.25) is 0 Å². The first kappa shape index (κ1) is 44.3. The fourth-order valence-corrected chi connectivity index (χ4v) is 9.18. The first-order valence-electron chi connectivity index (χ1n) is 20.2. The number of rotatable bonds is 19. The van der Waals surface area contributed by atoms with Crippen molar-refractivity contribution in [3.63, 3.8) is 0 Å². The molecule has 2 aliphatic rings. The zero-order valence-electron chi connectivity index (χ0n) is 34.3. The minimum atomic E-state index is -0.975. The molecule has 0 unspecified atom stereocenters.